The summed E-state index contributed by atoms with van der Waals surface area (Å²) in [5.74, 6) is 1.35. The fourth-order valence-corrected chi connectivity index (χ4v) is 3.92. The standard InChI is InChI=1S/C22H33N3O/c1-17(2)7-8-22(19-10-13-26-16-19)24-21-9-12-25(14-18(21)3)15-20-6-4-5-11-23-20/h4-6,10-11,13,16-18,21-22,24H,7-9,12,14-15H2,1-3H3/t18-,21+,22-/m0/s1. The maximum atomic E-state index is 5.35. The van der Waals surface area contributed by atoms with Gasteiger partial charge in [0.1, 0.15) is 0 Å². The third-order valence-electron chi connectivity index (χ3n) is 5.49. The smallest absolute Gasteiger partial charge is 0.0950 e. The van der Waals surface area contributed by atoms with Gasteiger partial charge in [-0.25, -0.2) is 0 Å². The van der Waals surface area contributed by atoms with Gasteiger partial charge < -0.3 is 9.73 Å². The molecule has 1 saturated heterocycles. The molecule has 0 unspecified atom stereocenters. The SMILES string of the molecule is CC(C)CC[C@H](N[C@@H]1CCN(Cc2ccccn2)C[C@@H]1C)c1ccoc1. The molecule has 3 rings (SSSR count). The summed E-state index contributed by atoms with van der Waals surface area (Å²) in [6.07, 6.45) is 9.16. The summed E-state index contributed by atoms with van der Waals surface area (Å²) in [6, 6.07) is 9.24. The number of piperidine rings is 1. The van der Waals surface area contributed by atoms with E-state index in [0.717, 1.165) is 32.0 Å². The summed E-state index contributed by atoms with van der Waals surface area (Å²) in [5.41, 5.74) is 2.45. The number of hydrogen-bond donors (Lipinski definition) is 1. The summed E-state index contributed by atoms with van der Waals surface area (Å²) in [7, 11) is 0. The van der Waals surface area contributed by atoms with Gasteiger partial charge >= 0.3 is 0 Å². The highest BCUT2D eigenvalue weighted by molar-refractivity contribution is 5.12. The van der Waals surface area contributed by atoms with Gasteiger partial charge in [-0.3, -0.25) is 9.88 Å². The maximum absolute atomic E-state index is 5.35. The van der Waals surface area contributed by atoms with Gasteiger partial charge in [-0.1, -0.05) is 26.8 Å². The molecule has 2 aromatic heterocycles. The molecule has 142 valence electrons. The molecule has 1 fully saturated rings. The van der Waals surface area contributed by atoms with E-state index < -0.39 is 0 Å². The first-order valence-electron chi connectivity index (χ1n) is 10.0. The number of aromatic nitrogens is 1. The van der Waals surface area contributed by atoms with Crippen LogP contribution in [0.15, 0.2) is 47.4 Å². The number of nitrogens with zero attached hydrogens (tertiary/aromatic N) is 2. The largest absolute Gasteiger partial charge is 0.472 e. The van der Waals surface area contributed by atoms with Crippen LogP contribution in [0.3, 0.4) is 0 Å². The van der Waals surface area contributed by atoms with Crippen LogP contribution in [-0.2, 0) is 6.54 Å². The minimum absolute atomic E-state index is 0.394. The maximum Gasteiger partial charge on any atom is 0.0950 e. The van der Waals surface area contributed by atoms with E-state index in [0.29, 0.717) is 18.0 Å². The second-order valence-electron chi connectivity index (χ2n) is 8.18. The molecule has 0 spiro atoms. The highest BCUT2D eigenvalue weighted by atomic mass is 16.3. The first-order chi connectivity index (χ1) is 12.6. The van der Waals surface area contributed by atoms with Crippen molar-refractivity contribution in [3.63, 3.8) is 0 Å². The Bertz CT molecular complexity index is 626. The number of rotatable bonds is 8. The van der Waals surface area contributed by atoms with Gasteiger partial charge in [-0.2, -0.15) is 0 Å². The Hall–Kier alpha value is -1.65. The van der Waals surface area contributed by atoms with Crippen LogP contribution < -0.4 is 5.32 Å². The van der Waals surface area contributed by atoms with Gasteiger partial charge in [-0.15, -0.1) is 0 Å². The average molecular weight is 356 g/mol. The Morgan fingerprint density at radius 2 is 2.15 bits per heavy atom. The van der Waals surface area contributed by atoms with Crippen LogP contribution in [0.5, 0.6) is 0 Å². The molecule has 1 N–H and O–H groups in total. The minimum atomic E-state index is 0.394. The zero-order valence-electron chi connectivity index (χ0n) is 16.4. The number of hydrogen-bond acceptors (Lipinski definition) is 4. The van der Waals surface area contributed by atoms with Crippen LogP contribution in [-0.4, -0.2) is 29.0 Å². The van der Waals surface area contributed by atoms with E-state index in [1.165, 1.54) is 24.1 Å². The van der Waals surface area contributed by atoms with Crippen LogP contribution in [0, 0.1) is 11.8 Å². The van der Waals surface area contributed by atoms with Gasteiger partial charge in [-0.05, 0) is 49.3 Å². The summed E-state index contributed by atoms with van der Waals surface area (Å²) in [4.78, 5) is 7.01. The van der Waals surface area contributed by atoms with Crippen molar-refractivity contribution in [1.82, 2.24) is 15.2 Å². The molecule has 1 aliphatic rings. The summed E-state index contributed by atoms with van der Waals surface area (Å²) in [6.45, 7) is 10.2. The number of likely N-dealkylation sites (tertiary alicyclic amines) is 1. The number of pyridine rings is 1. The predicted octanol–water partition coefficient (Wildman–Crippen LogP) is 4.65. The Balaban J connectivity index is 1.55. The Morgan fingerprint density at radius 3 is 2.81 bits per heavy atom. The minimum Gasteiger partial charge on any atom is -0.472 e. The van der Waals surface area contributed by atoms with E-state index in [1.807, 2.05) is 18.5 Å². The molecule has 0 aromatic carbocycles. The van der Waals surface area contributed by atoms with Gasteiger partial charge in [0, 0.05) is 43.5 Å². The van der Waals surface area contributed by atoms with E-state index >= 15 is 0 Å². The fraction of sp³-hybridized carbons (Fsp3) is 0.591. The summed E-state index contributed by atoms with van der Waals surface area (Å²) >= 11 is 0. The Kier molecular flexibility index (Phi) is 6.86. The topological polar surface area (TPSA) is 41.3 Å². The van der Waals surface area contributed by atoms with Crippen molar-refractivity contribution >= 4 is 0 Å². The molecule has 0 saturated carbocycles. The quantitative estimate of drug-likeness (QED) is 0.748. The normalized spacial score (nSPS) is 22.6. The molecule has 2 aromatic rings. The zero-order valence-corrected chi connectivity index (χ0v) is 16.4. The summed E-state index contributed by atoms with van der Waals surface area (Å²) < 4.78 is 5.35. The first-order valence-corrected chi connectivity index (χ1v) is 10.0. The molecule has 0 bridgehead atoms. The van der Waals surface area contributed by atoms with Crippen molar-refractivity contribution in [3.05, 3.63) is 54.2 Å². The van der Waals surface area contributed by atoms with Crippen molar-refractivity contribution in [3.8, 4) is 0 Å². The first kappa shape index (κ1) is 19.1. The van der Waals surface area contributed by atoms with Crippen molar-refractivity contribution < 1.29 is 4.42 Å². The van der Waals surface area contributed by atoms with Crippen LogP contribution >= 0.6 is 0 Å². The molecule has 1 aliphatic heterocycles. The van der Waals surface area contributed by atoms with Crippen LogP contribution in [0.4, 0.5) is 0 Å². The van der Waals surface area contributed by atoms with E-state index in [-0.39, 0.29) is 0 Å². The van der Waals surface area contributed by atoms with Crippen LogP contribution in [0.2, 0.25) is 0 Å². The molecule has 3 heterocycles. The lowest BCUT2D eigenvalue weighted by molar-refractivity contribution is 0.131. The third kappa shape index (κ3) is 5.42. The highest BCUT2D eigenvalue weighted by Crippen LogP contribution is 2.26. The van der Waals surface area contributed by atoms with Gasteiger partial charge in [0.25, 0.3) is 0 Å². The van der Waals surface area contributed by atoms with Crippen molar-refractivity contribution in [2.75, 3.05) is 13.1 Å². The Labute approximate surface area is 158 Å². The van der Waals surface area contributed by atoms with E-state index in [2.05, 4.69) is 54.2 Å². The van der Waals surface area contributed by atoms with Gasteiger partial charge in [0.15, 0.2) is 0 Å². The molecule has 0 amide bonds. The fourth-order valence-electron chi connectivity index (χ4n) is 3.92. The molecule has 4 heteroatoms. The van der Waals surface area contributed by atoms with Crippen LogP contribution in [0.25, 0.3) is 0 Å². The second kappa shape index (κ2) is 9.33. The Morgan fingerprint density at radius 1 is 1.27 bits per heavy atom. The van der Waals surface area contributed by atoms with Crippen molar-refractivity contribution in [2.24, 2.45) is 11.8 Å². The lowest BCUT2D eigenvalue weighted by Gasteiger charge is -2.39. The van der Waals surface area contributed by atoms with E-state index in [9.17, 15) is 0 Å². The molecule has 0 radical (unpaired) electrons. The summed E-state index contributed by atoms with van der Waals surface area (Å²) in [5, 5.41) is 3.95. The monoisotopic (exact) mass is 355 g/mol. The third-order valence-corrected chi connectivity index (χ3v) is 5.49. The molecule has 3 atom stereocenters. The predicted molar refractivity (Wildman–Crippen MR) is 106 cm³/mol. The van der Waals surface area contributed by atoms with E-state index in [4.69, 9.17) is 4.42 Å². The molecule has 0 aliphatic carbocycles. The zero-order chi connectivity index (χ0) is 18.4. The highest BCUT2D eigenvalue weighted by Gasteiger charge is 2.28. The van der Waals surface area contributed by atoms with Crippen LogP contribution in [0.1, 0.15) is 57.3 Å². The number of nitrogens with one attached hydrogen (secondary N) is 1. The lowest BCUT2D eigenvalue weighted by Crippen LogP contribution is -2.49. The van der Waals surface area contributed by atoms with Crippen molar-refractivity contribution in [2.45, 2.75) is 58.7 Å². The molecular weight excluding hydrogens is 322 g/mol. The molecular formula is C22H33N3O. The van der Waals surface area contributed by atoms with Crippen molar-refractivity contribution in [1.29, 1.82) is 0 Å². The van der Waals surface area contributed by atoms with E-state index in [1.54, 1.807) is 6.26 Å². The molecule has 26 heavy (non-hydrogen) atoms. The average Bonchev–Trinajstić information content (AvgIpc) is 3.15. The number of furan rings is 1. The lowest BCUT2D eigenvalue weighted by atomic mass is 9.91. The molecule has 4 nitrogen and oxygen atoms in total. The van der Waals surface area contributed by atoms with Gasteiger partial charge in [0.2, 0.25) is 0 Å². The second-order valence-corrected chi connectivity index (χ2v) is 8.18. The van der Waals surface area contributed by atoms with Gasteiger partial charge in [0.05, 0.1) is 18.2 Å².